The summed E-state index contributed by atoms with van der Waals surface area (Å²) in [6.45, 7) is 3.17. The van der Waals surface area contributed by atoms with Crippen molar-refractivity contribution >= 4 is 17.5 Å². The molecule has 134 valence electrons. The predicted molar refractivity (Wildman–Crippen MR) is 89.0 cm³/mol. The van der Waals surface area contributed by atoms with Crippen LogP contribution in [0.4, 0.5) is 30.6 Å². The van der Waals surface area contributed by atoms with Crippen LogP contribution in [0.3, 0.4) is 0 Å². The summed E-state index contributed by atoms with van der Waals surface area (Å²) >= 11 is 0. The second-order valence-electron chi connectivity index (χ2n) is 5.94. The van der Waals surface area contributed by atoms with Crippen LogP contribution < -0.4 is 10.6 Å². The molecule has 1 aliphatic rings. The molecular formula is C17H19F3N4O. The van der Waals surface area contributed by atoms with Crippen molar-refractivity contribution in [1.29, 1.82) is 0 Å². The van der Waals surface area contributed by atoms with Crippen molar-refractivity contribution in [3.05, 3.63) is 41.6 Å². The highest BCUT2D eigenvalue weighted by molar-refractivity contribution is 5.58. The van der Waals surface area contributed by atoms with Gasteiger partial charge in [-0.05, 0) is 38.0 Å². The van der Waals surface area contributed by atoms with E-state index in [0.29, 0.717) is 29.7 Å². The van der Waals surface area contributed by atoms with Gasteiger partial charge in [-0.15, -0.1) is 0 Å². The monoisotopic (exact) mass is 352 g/mol. The fraction of sp³-hybridized carbons (Fsp3) is 0.412. The summed E-state index contributed by atoms with van der Waals surface area (Å²) in [7, 11) is 0. The fourth-order valence-electron chi connectivity index (χ4n) is 2.64. The molecule has 8 heteroatoms. The number of benzene rings is 1. The van der Waals surface area contributed by atoms with E-state index in [1.807, 2.05) is 0 Å². The van der Waals surface area contributed by atoms with E-state index < -0.39 is 11.7 Å². The van der Waals surface area contributed by atoms with Crippen LogP contribution in [0.15, 0.2) is 30.3 Å². The smallest absolute Gasteiger partial charge is 0.376 e. The first-order valence-electron chi connectivity index (χ1n) is 8.05. The van der Waals surface area contributed by atoms with Crippen LogP contribution >= 0.6 is 0 Å². The molecule has 5 nitrogen and oxygen atoms in total. The van der Waals surface area contributed by atoms with Crippen molar-refractivity contribution in [2.75, 3.05) is 23.8 Å². The zero-order chi connectivity index (χ0) is 17.9. The number of hydrogen-bond acceptors (Lipinski definition) is 5. The maximum atomic E-state index is 12.8. The van der Waals surface area contributed by atoms with Crippen molar-refractivity contribution in [3.8, 4) is 0 Å². The number of nitrogens with one attached hydrogen (secondary N) is 2. The van der Waals surface area contributed by atoms with Gasteiger partial charge in [-0.3, -0.25) is 0 Å². The minimum absolute atomic E-state index is 0.143. The summed E-state index contributed by atoms with van der Waals surface area (Å²) < 4.78 is 44.0. The third kappa shape index (κ3) is 4.82. The summed E-state index contributed by atoms with van der Waals surface area (Å²) in [6.07, 6.45) is -2.20. The number of anilines is 3. The van der Waals surface area contributed by atoms with Crippen LogP contribution in [0.25, 0.3) is 0 Å². The lowest BCUT2D eigenvalue weighted by Crippen LogP contribution is -2.20. The minimum atomic E-state index is -4.38. The maximum absolute atomic E-state index is 12.8. The molecule has 0 bridgehead atoms. The zero-order valence-electron chi connectivity index (χ0n) is 13.7. The quantitative estimate of drug-likeness (QED) is 0.847. The number of alkyl halides is 3. The molecule has 0 amide bonds. The Morgan fingerprint density at radius 3 is 2.80 bits per heavy atom. The third-order valence-electron chi connectivity index (χ3n) is 3.83. The van der Waals surface area contributed by atoms with Gasteiger partial charge < -0.3 is 15.4 Å². The molecular weight excluding hydrogens is 333 g/mol. The number of halogens is 3. The first-order chi connectivity index (χ1) is 11.9. The molecule has 3 rings (SSSR count). The predicted octanol–water partition coefficient (Wildman–Crippen LogP) is 4.14. The van der Waals surface area contributed by atoms with Crippen LogP contribution in [-0.2, 0) is 10.9 Å². The van der Waals surface area contributed by atoms with E-state index in [-0.39, 0.29) is 6.10 Å². The van der Waals surface area contributed by atoms with E-state index in [0.717, 1.165) is 31.6 Å². The average molecular weight is 352 g/mol. The second-order valence-corrected chi connectivity index (χ2v) is 5.94. The highest BCUT2D eigenvalue weighted by Gasteiger charge is 2.30. The van der Waals surface area contributed by atoms with Crippen molar-refractivity contribution in [2.24, 2.45) is 0 Å². The number of rotatable bonds is 5. The highest BCUT2D eigenvalue weighted by atomic mass is 19.4. The van der Waals surface area contributed by atoms with Crippen molar-refractivity contribution in [2.45, 2.75) is 32.0 Å². The summed E-state index contributed by atoms with van der Waals surface area (Å²) in [6, 6.07) is 6.68. The summed E-state index contributed by atoms with van der Waals surface area (Å²) in [4.78, 5) is 8.61. The molecule has 2 N–H and O–H groups in total. The molecule has 2 heterocycles. The van der Waals surface area contributed by atoms with E-state index in [9.17, 15) is 13.2 Å². The van der Waals surface area contributed by atoms with Gasteiger partial charge in [-0.25, -0.2) is 4.98 Å². The van der Waals surface area contributed by atoms with Gasteiger partial charge in [0, 0.05) is 30.6 Å². The Morgan fingerprint density at radius 1 is 1.24 bits per heavy atom. The standard InChI is InChI=1S/C17H19F3N4O/c1-11-8-15(23-13-5-2-4-12(9-13)17(18,19)20)24-16(22-11)21-10-14-6-3-7-25-14/h2,4-5,8-9,14H,3,6-7,10H2,1H3,(H2,21,22,23,24). The Kier molecular flexibility index (Phi) is 5.08. The third-order valence-corrected chi connectivity index (χ3v) is 3.83. The van der Waals surface area contributed by atoms with Crippen LogP contribution in [0.5, 0.6) is 0 Å². The number of aromatic nitrogens is 2. The zero-order valence-corrected chi connectivity index (χ0v) is 13.7. The molecule has 2 aromatic rings. The van der Waals surface area contributed by atoms with Crippen LogP contribution in [-0.4, -0.2) is 29.2 Å². The van der Waals surface area contributed by atoms with E-state index in [1.54, 1.807) is 19.1 Å². The van der Waals surface area contributed by atoms with Gasteiger partial charge in [0.15, 0.2) is 0 Å². The Balaban J connectivity index is 1.71. The number of nitrogens with zero attached hydrogens (tertiary/aromatic N) is 2. The second kappa shape index (κ2) is 7.26. The van der Waals surface area contributed by atoms with Crippen LogP contribution in [0.2, 0.25) is 0 Å². The van der Waals surface area contributed by atoms with Crippen LogP contribution in [0, 0.1) is 6.92 Å². The Labute approximate surface area is 143 Å². The van der Waals surface area contributed by atoms with Gasteiger partial charge in [0.1, 0.15) is 5.82 Å². The molecule has 1 saturated heterocycles. The normalized spacial score (nSPS) is 17.5. The molecule has 25 heavy (non-hydrogen) atoms. The van der Waals surface area contributed by atoms with Gasteiger partial charge in [0.2, 0.25) is 5.95 Å². The van der Waals surface area contributed by atoms with Crippen molar-refractivity contribution < 1.29 is 17.9 Å². The van der Waals surface area contributed by atoms with Crippen molar-refractivity contribution in [3.63, 3.8) is 0 Å². The Morgan fingerprint density at radius 2 is 2.08 bits per heavy atom. The molecule has 0 saturated carbocycles. The largest absolute Gasteiger partial charge is 0.416 e. The number of aryl methyl sites for hydroxylation is 1. The van der Waals surface area contributed by atoms with Crippen molar-refractivity contribution in [1.82, 2.24) is 9.97 Å². The fourth-order valence-corrected chi connectivity index (χ4v) is 2.64. The van der Waals surface area contributed by atoms with Gasteiger partial charge in [0.05, 0.1) is 11.7 Å². The van der Waals surface area contributed by atoms with Gasteiger partial charge in [-0.2, -0.15) is 18.2 Å². The van der Waals surface area contributed by atoms with E-state index in [1.165, 1.54) is 6.07 Å². The SMILES string of the molecule is Cc1cc(Nc2cccc(C(F)(F)F)c2)nc(NCC2CCCO2)n1. The van der Waals surface area contributed by atoms with E-state index in [4.69, 9.17) is 4.74 Å². The highest BCUT2D eigenvalue weighted by Crippen LogP contribution is 2.31. The lowest BCUT2D eigenvalue weighted by molar-refractivity contribution is -0.137. The van der Waals surface area contributed by atoms with Gasteiger partial charge in [-0.1, -0.05) is 6.07 Å². The number of ether oxygens (including phenoxy) is 1. The summed E-state index contributed by atoms with van der Waals surface area (Å²) in [5.74, 6) is 0.853. The molecule has 1 fully saturated rings. The summed E-state index contributed by atoms with van der Waals surface area (Å²) in [5, 5.41) is 6.03. The van der Waals surface area contributed by atoms with E-state index >= 15 is 0 Å². The Bertz CT molecular complexity index is 730. The molecule has 1 unspecified atom stereocenters. The first-order valence-corrected chi connectivity index (χ1v) is 8.05. The molecule has 0 spiro atoms. The lowest BCUT2D eigenvalue weighted by Gasteiger charge is -2.13. The number of hydrogen-bond donors (Lipinski definition) is 2. The van der Waals surface area contributed by atoms with Gasteiger partial charge in [0.25, 0.3) is 0 Å². The van der Waals surface area contributed by atoms with Crippen LogP contribution in [0.1, 0.15) is 24.1 Å². The minimum Gasteiger partial charge on any atom is -0.376 e. The van der Waals surface area contributed by atoms with Gasteiger partial charge >= 0.3 is 6.18 Å². The molecule has 0 radical (unpaired) electrons. The topological polar surface area (TPSA) is 59.1 Å². The maximum Gasteiger partial charge on any atom is 0.416 e. The van der Waals surface area contributed by atoms with E-state index in [2.05, 4.69) is 20.6 Å². The molecule has 1 atom stereocenters. The first kappa shape index (κ1) is 17.5. The molecule has 0 aliphatic carbocycles. The lowest BCUT2D eigenvalue weighted by atomic mass is 10.2. The molecule has 1 aromatic heterocycles. The average Bonchev–Trinajstić information content (AvgIpc) is 3.05. The molecule has 1 aromatic carbocycles. The Hall–Kier alpha value is -2.35. The molecule has 1 aliphatic heterocycles. The summed E-state index contributed by atoms with van der Waals surface area (Å²) in [5.41, 5.74) is 0.317.